The third kappa shape index (κ3) is 37.5. The summed E-state index contributed by atoms with van der Waals surface area (Å²) in [4.78, 5) is 174. The van der Waals surface area contributed by atoms with E-state index < -0.39 is 113 Å². The minimum Gasteiger partial charge on any atom is -0.544 e. The van der Waals surface area contributed by atoms with Crippen molar-refractivity contribution in [3.05, 3.63) is 201 Å². The molecule has 0 heterocycles. The molecule has 0 aliphatic heterocycles. The molecule has 0 aliphatic rings. The van der Waals surface area contributed by atoms with E-state index in [0.717, 1.165) is 52.6 Å². The summed E-state index contributed by atoms with van der Waals surface area (Å²) in [7, 11) is 0. The summed E-state index contributed by atoms with van der Waals surface area (Å²) in [5.41, 5.74) is 27.3. The van der Waals surface area contributed by atoms with Crippen molar-refractivity contribution in [3.63, 3.8) is 0 Å². The second-order valence-corrected chi connectivity index (χ2v) is 24.6. The van der Waals surface area contributed by atoms with E-state index in [1.807, 2.05) is 12.1 Å². The summed E-state index contributed by atoms with van der Waals surface area (Å²) in [6.07, 6.45) is 1.88. The minimum absolute atomic E-state index is 0.00772. The quantitative estimate of drug-likeness (QED) is 0.0134. The highest BCUT2D eigenvalue weighted by Crippen LogP contribution is 2.29. The molecule has 21 N–H and O–H groups in total. The molecule has 6 aromatic carbocycles. The number of benzene rings is 6. The number of halogens is 2. The summed E-state index contributed by atoms with van der Waals surface area (Å²) >= 11 is 0. The van der Waals surface area contributed by atoms with Crippen molar-refractivity contribution in [3.8, 4) is 0 Å². The SMILES string of the molecule is CC(=O)C(=O)Nc1ccc(C[C@H]([NH3+])C(=O)[O-])cc1.CC(=O)C(=O)c1ccc(C[C@H]([NH3+])C(=O)[O-])cc1.CC(=O)C(F)(F)c1ccc(C[C@H]([NH3+])C(=O)[O-])cc1.CC(=O)CCC(=O)c1ccc(C[C@H]([NH3+])C(=O)[O-])cc1.CC(=O)CNC(=O)c1ccc(C[C@H]([NH3+])C(=O)[O-])cc1.CC(=O)CNc1ccc(C[C@H]([NH3+])C(=O)[O-])cc1. The largest absolute Gasteiger partial charge is 0.544 e. The molecule has 108 heavy (non-hydrogen) atoms. The van der Waals surface area contributed by atoms with Crippen LogP contribution in [-0.4, -0.2) is 143 Å². The molecule has 580 valence electrons. The maximum atomic E-state index is 13.3. The molecule has 31 nitrogen and oxygen atoms in total. The number of hydrogen-bond acceptors (Lipinski definition) is 23. The van der Waals surface area contributed by atoms with E-state index in [-0.39, 0.29) is 87.1 Å². The average Bonchev–Trinajstić information content (AvgIpc) is 0.828. The zero-order valence-corrected chi connectivity index (χ0v) is 60.4. The van der Waals surface area contributed by atoms with Gasteiger partial charge >= 0.3 is 5.92 Å². The zero-order chi connectivity index (χ0) is 82.3. The third-order valence-electron chi connectivity index (χ3n) is 14.9. The van der Waals surface area contributed by atoms with E-state index in [4.69, 9.17) is 0 Å². The molecular weight excluding hydrogens is 1420 g/mol. The summed E-state index contributed by atoms with van der Waals surface area (Å²) in [6.45, 7) is 7.82. The van der Waals surface area contributed by atoms with Gasteiger partial charge in [0.2, 0.25) is 17.3 Å². The fraction of sp³-hybridized carbons (Fsp3) is 0.307. The zero-order valence-electron chi connectivity index (χ0n) is 60.4. The molecule has 6 aromatic rings. The Morgan fingerprint density at radius 3 is 0.917 bits per heavy atom. The van der Waals surface area contributed by atoms with Crippen molar-refractivity contribution in [2.24, 2.45) is 0 Å². The van der Waals surface area contributed by atoms with Crippen LogP contribution < -0.4 is 81.0 Å². The normalized spacial score (nSPS) is 12.0. The lowest BCUT2D eigenvalue weighted by atomic mass is 10.0. The van der Waals surface area contributed by atoms with Crippen molar-refractivity contribution in [1.82, 2.24) is 5.32 Å². The van der Waals surface area contributed by atoms with E-state index in [1.54, 1.807) is 97.1 Å². The Labute approximate surface area is 618 Å². The fourth-order valence-electron chi connectivity index (χ4n) is 8.54. The lowest BCUT2D eigenvalue weighted by molar-refractivity contribution is -0.437. The van der Waals surface area contributed by atoms with Crippen molar-refractivity contribution >= 4 is 105 Å². The van der Waals surface area contributed by atoms with E-state index in [9.17, 15) is 116 Å². The molecule has 0 fully saturated rings. The van der Waals surface area contributed by atoms with Crippen LogP contribution in [0.5, 0.6) is 0 Å². The smallest absolute Gasteiger partial charge is 0.330 e. The predicted molar refractivity (Wildman–Crippen MR) is 366 cm³/mol. The van der Waals surface area contributed by atoms with Crippen LogP contribution in [0.15, 0.2) is 146 Å². The molecule has 0 aromatic heterocycles. The van der Waals surface area contributed by atoms with Gasteiger partial charge in [0, 0.05) is 106 Å². The lowest BCUT2D eigenvalue weighted by Crippen LogP contribution is -2.69. The van der Waals surface area contributed by atoms with Gasteiger partial charge in [-0.3, -0.25) is 43.2 Å². The van der Waals surface area contributed by atoms with Gasteiger partial charge in [-0.25, -0.2) is 0 Å². The Hall–Kier alpha value is -12.1. The Balaban J connectivity index is 0.000000648. The summed E-state index contributed by atoms with van der Waals surface area (Å²) < 4.78 is 26.7. The highest BCUT2D eigenvalue weighted by atomic mass is 19.3. The number of ketones is 8. The van der Waals surface area contributed by atoms with Crippen molar-refractivity contribution in [2.75, 3.05) is 23.7 Å². The number of carboxylic acid groups (broad SMARTS) is 6. The molecule has 0 bridgehead atoms. The number of carbonyl (C=O) groups is 16. The third-order valence-corrected chi connectivity index (χ3v) is 14.9. The number of hydrogen-bond donors (Lipinski definition) is 9. The average molecular weight is 1510 g/mol. The van der Waals surface area contributed by atoms with Crippen molar-refractivity contribution < 1.29 is 151 Å². The van der Waals surface area contributed by atoms with Gasteiger partial charge in [0.25, 0.3) is 11.8 Å². The number of carbonyl (C=O) groups excluding carboxylic acids is 16. The van der Waals surface area contributed by atoms with E-state index in [1.165, 1.54) is 58.9 Å². The second kappa shape index (κ2) is 47.3. The van der Waals surface area contributed by atoms with Crippen LogP contribution in [0.4, 0.5) is 20.2 Å². The van der Waals surface area contributed by atoms with E-state index >= 15 is 0 Å². The first kappa shape index (κ1) is 93.9. The molecule has 0 saturated carbocycles. The monoisotopic (exact) mass is 1510 g/mol. The number of amides is 2. The van der Waals surface area contributed by atoms with Gasteiger partial charge in [0.1, 0.15) is 53.6 Å². The standard InChI is InChI=1S/C14H17NO4.C13H16N2O4.C12H13F2NO3.C12H14N2O4.C12H16N2O3.C12H13NO4/c1-9(16)2-7-13(17)11-5-3-10(4-6-11)8-12(15)14(18)19;1-8(16)7-15-12(17)10-4-2-9(3-5-10)6-11(14)13(18)19;1-7(16)12(13,14)9-4-2-8(3-5-9)6-10(15)11(17)18;1-7(15)11(16)14-9-4-2-8(3-5-9)6-10(13)12(17)18;1-8(15)7-14-10-4-2-9(3-5-10)6-11(13)12(16)17;1-7(14)11(15)9-4-2-8(3-5-9)6-10(13)12(16)17/h3-6,12H,2,7-8,15H2,1H3,(H,18,19);2-5,11H,6-7,14H2,1H3,(H,15,17)(H,18,19);2-5,10H,6,15H2,1H3,(H,17,18);2-5,10H,6,13H2,1H3,(H,14,16)(H,17,18);2-5,11,14H,6-7,13H2,1H3,(H,16,17);2-5,10H,6,13H2,1H3,(H,16,17)/t12-;11-;2*10-;11-;10-/m000000/s1. The Morgan fingerprint density at radius 1 is 0.352 bits per heavy atom. The Kier molecular flexibility index (Phi) is 41.1. The van der Waals surface area contributed by atoms with Crippen LogP contribution in [-0.2, 0) is 107 Å². The van der Waals surface area contributed by atoms with Crippen LogP contribution in [0, 0.1) is 0 Å². The fourth-order valence-corrected chi connectivity index (χ4v) is 8.54. The molecule has 0 unspecified atom stereocenters. The maximum Gasteiger partial charge on any atom is 0.330 e. The van der Waals surface area contributed by atoms with Crippen molar-refractivity contribution in [2.45, 2.75) is 135 Å². The molecule has 6 rings (SSSR count). The van der Waals surface area contributed by atoms with Crippen LogP contribution in [0.1, 0.15) is 124 Å². The van der Waals surface area contributed by atoms with Gasteiger partial charge in [-0.1, -0.05) is 109 Å². The van der Waals surface area contributed by atoms with Gasteiger partial charge in [-0.05, 0) is 90.6 Å². The molecular formula is C75H89F2N9O22. The Bertz CT molecular complexity index is 4010. The first-order valence-electron chi connectivity index (χ1n) is 32.9. The molecule has 33 heteroatoms. The molecule has 2 amide bonds. The first-order chi connectivity index (χ1) is 50.3. The summed E-state index contributed by atoms with van der Waals surface area (Å²) in [6, 6.07) is 33.1. The highest BCUT2D eigenvalue weighted by Gasteiger charge is 2.37. The second-order valence-electron chi connectivity index (χ2n) is 24.6. The predicted octanol–water partition coefficient (Wildman–Crippen LogP) is -8.61. The number of nitrogens with one attached hydrogen (secondary N) is 3. The Morgan fingerprint density at radius 2 is 0.639 bits per heavy atom. The number of aliphatic carboxylic acids is 6. The minimum atomic E-state index is -3.52. The van der Waals surface area contributed by atoms with Gasteiger partial charge < -0.3 is 115 Å². The van der Waals surface area contributed by atoms with Crippen LogP contribution in [0.2, 0.25) is 0 Å². The first-order valence-corrected chi connectivity index (χ1v) is 32.9. The van der Waals surface area contributed by atoms with Gasteiger partial charge in [-0.15, -0.1) is 0 Å². The number of anilines is 2. The lowest BCUT2D eigenvalue weighted by Gasteiger charge is -2.14. The van der Waals surface area contributed by atoms with E-state index in [0.29, 0.717) is 34.4 Å². The number of Topliss-reactive ketones (excluding diaryl/α,β-unsaturated/α-hetero) is 8. The van der Waals surface area contributed by atoms with Gasteiger partial charge in [-0.2, -0.15) is 8.78 Å². The molecule has 0 aliphatic carbocycles. The van der Waals surface area contributed by atoms with Crippen molar-refractivity contribution in [1.29, 1.82) is 0 Å². The van der Waals surface area contributed by atoms with Crippen LogP contribution >= 0.6 is 0 Å². The maximum absolute atomic E-state index is 13.3. The topological polar surface area (TPSA) is 613 Å². The number of carboxylic acids is 6. The molecule has 0 saturated heterocycles. The molecule has 0 spiro atoms. The summed E-state index contributed by atoms with van der Waals surface area (Å²) in [5, 5.41) is 71.0. The summed E-state index contributed by atoms with van der Waals surface area (Å²) in [5.74, 6) is -14.9. The highest BCUT2D eigenvalue weighted by molar-refractivity contribution is 6.43. The number of alkyl halides is 2. The van der Waals surface area contributed by atoms with Gasteiger partial charge in [0.05, 0.1) is 48.9 Å². The molecule has 6 atom stereocenters. The van der Waals surface area contributed by atoms with E-state index in [2.05, 4.69) is 50.4 Å². The number of quaternary nitrogens is 6. The van der Waals surface area contributed by atoms with Crippen LogP contribution in [0.25, 0.3) is 0 Å². The van der Waals surface area contributed by atoms with Gasteiger partial charge in [0.15, 0.2) is 11.6 Å². The number of rotatable bonds is 34. The molecule has 0 radical (unpaired) electrons. The van der Waals surface area contributed by atoms with Crippen LogP contribution in [0.3, 0.4) is 0 Å².